The molecule has 0 saturated carbocycles. The van der Waals surface area contributed by atoms with Crippen LogP contribution < -0.4 is 10.2 Å². The SMILES string of the molecule is CCC(=O)Nc1ccc([C@@H]2SCC(=O)N2c2ccc(F)cc2F)cc1. The molecule has 0 aromatic heterocycles. The number of carbonyl (C=O) groups is 2. The van der Waals surface area contributed by atoms with Crippen LogP contribution in [0.25, 0.3) is 0 Å². The van der Waals surface area contributed by atoms with Crippen molar-refractivity contribution in [2.75, 3.05) is 16.0 Å². The van der Waals surface area contributed by atoms with Gasteiger partial charge in [0, 0.05) is 18.2 Å². The minimum atomic E-state index is -0.771. The molecule has 2 aromatic carbocycles. The molecule has 4 nitrogen and oxygen atoms in total. The summed E-state index contributed by atoms with van der Waals surface area (Å²) in [5.74, 6) is -1.56. The lowest BCUT2D eigenvalue weighted by Gasteiger charge is -2.25. The number of nitrogens with zero attached hydrogens (tertiary/aromatic N) is 1. The predicted molar refractivity (Wildman–Crippen MR) is 94.4 cm³/mol. The van der Waals surface area contributed by atoms with Gasteiger partial charge in [-0.1, -0.05) is 19.1 Å². The molecule has 1 aliphatic heterocycles. The van der Waals surface area contributed by atoms with Crippen LogP contribution in [0.2, 0.25) is 0 Å². The Morgan fingerprint density at radius 3 is 2.60 bits per heavy atom. The Bertz CT molecular complexity index is 811. The summed E-state index contributed by atoms with van der Waals surface area (Å²) in [5.41, 5.74) is 1.52. The first kappa shape index (κ1) is 17.4. The summed E-state index contributed by atoms with van der Waals surface area (Å²) in [7, 11) is 0. The molecule has 1 heterocycles. The van der Waals surface area contributed by atoms with Crippen LogP contribution in [0, 0.1) is 11.6 Å². The molecule has 2 amide bonds. The normalized spacial score (nSPS) is 17.0. The lowest BCUT2D eigenvalue weighted by molar-refractivity contribution is -0.116. The summed E-state index contributed by atoms with van der Waals surface area (Å²) in [6, 6.07) is 10.2. The molecule has 0 spiro atoms. The van der Waals surface area contributed by atoms with Crippen molar-refractivity contribution in [3.63, 3.8) is 0 Å². The molecule has 1 fully saturated rings. The summed E-state index contributed by atoms with van der Waals surface area (Å²) >= 11 is 1.37. The Hall–Kier alpha value is -2.41. The van der Waals surface area contributed by atoms with Crippen molar-refractivity contribution in [2.45, 2.75) is 18.7 Å². The minimum Gasteiger partial charge on any atom is -0.326 e. The van der Waals surface area contributed by atoms with Gasteiger partial charge in [0.05, 0.1) is 11.4 Å². The van der Waals surface area contributed by atoms with Gasteiger partial charge >= 0.3 is 0 Å². The highest BCUT2D eigenvalue weighted by Crippen LogP contribution is 2.42. The Morgan fingerprint density at radius 1 is 1.24 bits per heavy atom. The standard InChI is InChI=1S/C18H16F2N2O2S/c1-2-16(23)21-13-6-3-11(4-7-13)18-22(17(24)10-25-18)15-8-5-12(19)9-14(15)20/h3-9,18H,2,10H2,1H3,(H,21,23)/t18-/m0/s1. The number of amides is 2. The topological polar surface area (TPSA) is 49.4 Å². The van der Waals surface area contributed by atoms with E-state index < -0.39 is 17.0 Å². The van der Waals surface area contributed by atoms with E-state index in [1.54, 1.807) is 31.2 Å². The number of anilines is 2. The molecule has 0 unspecified atom stereocenters. The number of nitrogens with one attached hydrogen (secondary N) is 1. The highest BCUT2D eigenvalue weighted by molar-refractivity contribution is 8.00. The minimum absolute atomic E-state index is 0.0600. The first-order chi connectivity index (χ1) is 12.0. The maximum atomic E-state index is 14.1. The quantitative estimate of drug-likeness (QED) is 0.891. The van der Waals surface area contributed by atoms with Gasteiger partial charge in [0.25, 0.3) is 0 Å². The van der Waals surface area contributed by atoms with Crippen molar-refractivity contribution >= 4 is 35.0 Å². The highest BCUT2D eigenvalue weighted by Gasteiger charge is 2.35. The number of rotatable bonds is 4. The number of carbonyl (C=O) groups excluding carboxylic acids is 2. The molecule has 0 radical (unpaired) electrons. The van der Waals surface area contributed by atoms with E-state index >= 15 is 0 Å². The molecule has 130 valence electrons. The number of thioether (sulfide) groups is 1. The summed E-state index contributed by atoms with van der Waals surface area (Å²) in [5, 5.41) is 2.35. The fourth-order valence-electron chi connectivity index (χ4n) is 2.59. The van der Waals surface area contributed by atoms with Crippen molar-refractivity contribution < 1.29 is 18.4 Å². The van der Waals surface area contributed by atoms with Crippen LogP contribution in [0.5, 0.6) is 0 Å². The van der Waals surface area contributed by atoms with Crippen LogP contribution in [-0.2, 0) is 9.59 Å². The van der Waals surface area contributed by atoms with E-state index in [4.69, 9.17) is 0 Å². The summed E-state index contributed by atoms with van der Waals surface area (Å²) in [4.78, 5) is 25.0. The van der Waals surface area contributed by atoms with E-state index in [1.807, 2.05) is 0 Å². The summed E-state index contributed by atoms with van der Waals surface area (Å²) in [6.45, 7) is 1.76. The lowest BCUT2D eigenvalue weighted by atomic mass is 10.1. The first-order valence-corrected chi connectivity index (χ1v) is 8.83. The van der Waals surface area contributed by atoms with E-state index in [-0.39, 0.29) is 23.3 Å². The zero-order chi connectivity index (χ0) is 18.0. The molecule has 2 aromatic rings. The number of hydrogen-bond donors (Lipinski definition) is 1. The second-order valence-electron chi connectivity index (χ2n) is 5.55. The second-order valence-corrected chi connectivity index (χ2v) is 6.62. The van der Waals surface area contributed by atoms with Crippen molar-refractivity contribution in [3.8, 4) is 0 Å². The number of benzene rings is 2. The smallest absolute Gasteiger partial charge is 0.238 e. The third kappa shape index (κ3) is 3.66. The van der Waals surface area contributed by atoms with Gasteiger partial charge in [-0.25, -0.2) is 8.78 Å². The van der Waals surface area contributed by atoms with E-state index in [2.05, 4.69) is 5.32 Å². The van der Waals surface area contributed by atoms with Gasteiger partial charge in [-0.3, -0.25) is 14.5 Å². The Kier molecular flexibility index (Phi) is 5.03. The van der Waals surface area contributed by atoms with Crippen LogP contribution in [0.1, 0.15) is 24.3 Å². The molecule has 0 bridgehead atoms. The average Bonchev–Trinajstić information content (AvgIpc) is 2.97. The summed E-state index contributed by atoms with van der Waals surface area (Å²) < 4.78 is 27.3. The lowest BCUT2D eigenvalue weighted by Crippen LogP contribution is -2.28. The van der Waals surface area contributed by atoms with E-state index in [0.29, 0.717) is 12.1 Å². The van der Waals surface area contributed by atoms with Crippen LogP contribution in [0.4, 0.5) is 20.2 Å². The predicted octanol–water partition coefficient (Wildman–Crippen LogP) is 4.09. The maximum Gasteiger partial charge on any atom is 0.238 e. The average molecular weight is 362 g/mol. The summed E-state index contributed by atoms with van der Waals surface area (Å²) in [6.07, 6.45) is 0.381. The molecule has 1 aliphatic rings. The van der Waals surface area contributed by atoms with Crippen molar-refractivity contribution in [2.24, 2.45) is 0 Å². The van der Waals surface area contributed by atoms with Crippen LogP contribution >= 0.6 is 11.8 Å². The van der Waals surface area contributed by atoms with Gasteiger partial charge in [-0.05, 0) is 29.8 Å². The van der Waals surface area contributed by atoms with Crippen LogP contribution in [0.3, 0.4) is 0 Å². The van der Waals surface area contributed by atoms with Gasteiger partial charge in [0.15, 0.2) is 0 Å². The Morgan fingerprint density at radius 2 is 1.96 bits per heavy atom. The van der Waals surface area contributed by atoms with Crippen LogP contribution in [0.15, 0.2) is 42.5 Å². The molecule has 1 atom stereocenters. The molecular formula is C18H16F2N2O2S. The molecule has 0 aliphatic carbocycles. The van der Waals surface area contributed by atoms with Gasteiger partial charge in [0.1, 0.15) is 17.0 Å². The Labute approximate surface area is 148 Å². The van der Waals surface area contributed by atoms with Gasteiger partial charge in [-0.15, -0.1) is 11.8 Å². The molecule has 3 rings (SSSR count). The zero-order valence-corrected chi connectivity index (χ0v) is 14.3. The van der Waals surface area contributed by atoms with E-state index in [9.17, 15) is 18.4 Å². The monoisotopic (exact) mass is 362 g/mol. The highest BCUT2D eigenvalue weighted by atomic mass is 32.2. The fraction of sp³-hybridized carbons (Fsp3) is 0.222. The first-order valence-electron chi connectivity index (χ1n) is 7.78. The van der Waals surface area contributed by atoms with E-state index in [1.165, 1.54) is 22.7 Å². The number of hydrogen-bond acceptors (Lipinski definition) is 3. The molecule has 1 N–H and O–H groups in total. The molecule has 7 heteroatoms. The fourth-order valence-corrected chi connectivity index (χ4v) is 3.76. The molecule has 25 heavy (non-hydrogen) atoms. The second kappa shape index (κ2) is 7.23. The van der Waals surface area contributed by atoms with Gasteiger partial charge in [-0.2, -0.15) is 0 Å². The third-order valence-electron chi connectivity index (χ3n) is 3.84. The van der Waals surface area contributed by atoms with E-state index in [0.717, 1.165) is 17.7 Å². The molecule has 1 saturated heterocycles. The van der Waals surface area contributed by atoms with Crippen molar-refractivity contribution in [3.05, 3.63) is 59.7 Å². The Balaban J connectivity index is 1.87. The van der Waals surface area contributed by atoms with Crippen molar-refractivity contribution in [1.82, 2.24) is 0 Å². The van der Waals surface area contributed by atoms with Crippen LogP contribution in [-0.4, -0.2) is 17.6 Å². The largest absolute Gasteiger partial charge is 0.326 e. The maximum absolute atomic E-state index is 14.1. The van der Waals surface area contributed by atoms with Crippen molar-refractivity contribution in [1.29, 1.82) is 0 Å². The third-order valence-corrected chi connectivity index (χ3v) is 5.05. The van der Waals surface area contributed by atoms with Gasteiger partial charge < -0.3 is 5.32 Å². The zero-order valence-electron chi connectivity index (χ0n) is 13.5. The number of halogens is 2. The van der Waals surface area contributed by atoms with Gasteiger partial charge in [0.2, 0.25) is 11.8 Å². The molecular weight excluding hydrogens is 346 g/mol.